The first kappa shape index (κ1) is 16.3. The number of nitrogens with one attached hydrogen (secondary N) is 1. The average Bonchev–Trinajstić information content (AvgIpc) is 3.12. The zero-order chi connectivity index (χ0) is 17.9. The van der Waals surface area contributed by atoms with E-state index in [0.29, 0.717) is 17.2 Å². The molecule has 0 atom stereocenters. The maximum Gasteiger partial charge on any atom is 0.277 e. The lowest BCUT2D eigenvalue weighted by Gasteiger charge is -2.08. The summed E-state index contributed by atoms with van der Waals surface area (Å²) in [6.45, 7) is 0. The summed E-state index contributed by atoms with van der Waals surface area (Å²) >= 11 is 1.66. The number of thioether (sulfide) groups is 1. The molecular weight excluding hydrogens is 346 g/mol. The molecule has 7 heteroatoms. The van der Waals surface area contributed by atoms with Gasteiger partial charge in [0, 0.05) is 16.7 Å². The maximum absolute atomic E-state index is 12.6. The van der Waals surface area contributed by atoms with Gasteiger partial charge < -0.3 is 5.32 Å². The normalized spacial score (nSPS) is 10.8. The highest BCUT2D eigenvalue weighted by molar-refractivity contribution is 7.98. The van der Waals surface area contributed by atoms with Crippen molar-refractivity contribution in [3.63, 3.8) is 0 Å². The van der Waals surface area contributed by atoms with E-state index in [1.54, 1.807) is 34.6 Å². The van der Waals surface area contributed by atoms with Crippen LogP contribution in [-0.4, -0.2) is 31.7 Å². The Kier molecular flexibility index (Phi) is 4.37. The van der Waals surface area contributed by atoms with Gasteiger partial charge in [0.25, 0.3) is 5.91 Å². The molecule has 1 N–H and O–H groups in total. The number of amides is 1. The maximum atomic E-state index is 12.6. The number of pyridine rings is 1. The van der Waals surface area contributed by atoms with Crippen LogP contribution in [0.25, 0.3) is 16.9 Å². The van der Waals surface area contributed by atoms with Crippen LogP contribution in [0, 0.1) is 0 Å². The topological polar surface area (TPSA) is 72.2 Å². The Labute approximate surface area is 154 Å². The molecule has 4 rings (SSSR count). The van der Waals surface area contributed by atoms with Gasteiger partial charge in [-0.2, -0.15) is 5.10 Å². The van der Waals surface area contributed by atoms with E-state index < -0.39 is 0 Å². The van der Waals surface area contributed by atoms with Gasteiger partial charge in [0.2, 0.25) is 0 Å². The van der Waals surface area contributed by atoms with E-state index in [1.165, 1.54) is 6.20 Å². The van der Waals surface area contributed by atoms with Gasteiger partial charge in [-0.15, -0.1) is 11.8 Å². The molecule has 0 fully saturated rings. The van der Waals surface area contributed by atoms with Crippen LogP contribution in [0.1, 0.15) is 10.5 Å². The van der Waals surface area contributed by atoms with Crippen LogP contribution in [0.15, 0.2) is 71.9 Å². The number of fused-ring (bicyclic) bond motifs is 1. The van der Waals surface area contributed by atoms with Crippen LogP contribution < -0.4 is 5.32 Å². The summed E-state index contributed by atoms with van der Waals surface area (Å²) < 4.78 is 1.56. The fourth-order valence-corrected chi connectivity index (χ4v) is 3.25. The first-order valence-electron chi connectivity index (χ1n) is 7.97. The Bertz CT molecular complexity index is 1080. The Balaban J connectivity index is 1.74. The monoisotopic (exact) mass is 361 g/mol. The van der Waals surface area contributed by atoms with E-state index in [4.69, 9.17) is 0 Å². The van der Waals surface area contributed by atoms with E-state index in [1.807, 2.05) is 42.7 Å². The third-order valence-corrected chi connectivity index (χ3v) is 4.68. The van der Waals surface area contributed by atoms with Gasteiger partial charge in [0.15, 0.2) is 11.3 Å². The predicted octanol–water partition coefficient (Wildman–Crippen LogP) is 3.77. The van der Waals surface area contributed by atoms with Gasteiger partial charge in [0.05, 0.1) is 11.9 Å². The summed E-state index contributed by atoms with van der Waals surface area (Å²) in [4.78, 5) is 22.1. The molecule has 0 aliphatic carbocycles. The zero-order valence-electron chi connectivity index (χ0n) is 14.0. The van der Waals surface area contributed by atoms with Crippen LogP contribution in [0.2, 0.25) is 0 Å². The Morgan fingerprint density at radius 2 is 1.88 bits per heavy atom. The minimum atomic E-state index is -0.306. The van der Waals surface area contributed by atoms with Crippen molar-refractivity contribution in [3.8, 4) is 11.3 Å². The highest BCUT2D eigenvalue weighted by atomic mass is 32.2. The second-order valence-electron chi connectivity index (χ2n) is 5.50. The van der Waals surface area contributed by atoms with E-state index in [9.17, 15) is 4.79 Å². The van der Waals surface area contributed by atoms with Gasteiger partial charge in [-0.3, -0.25) is 4.79 Å². The summed E-state index contributed by atoms with van der Waals surface area (Å²) in [6.07, 6.45) is 5.17. The van der Waals surface area contributed by atoms with E-state index >= 15 is 0 Å². The minimum absolute atomic E-state index is 0.306. The van der Waals surface area contributed by atoms with Gasteiger partial charge in [-0.1, -0.05) is 24.3 Å². The highest BCUT2D eigenvalue weighted by Gasteiger charge is 2.15. The smallest absolute Gasteiger partial charge is 0.277 e. The Morgan fingerprint density at radius 3 is 2.69 bits per heavy atom. The van der Waals surface area contributed by atoms with E-state index in [0.717, 1.165) is 16.2 Å². The zero-order valence-corrected chi connectivity index (χ0v) is 14.8. The largest absolute Gasteiger partial charge is 0.305 e. The first-order chi connectivity index (χ1) is 12.8. The van der Waals surface area contributed by atoms with Crippen LogP contribution >= 0.6 is 11.8 Å². The van der Waals surface area contributed by atoms with Gasteiger partial charge in [-0.05, 0) is 36.6 Å². The van der Waals surface area contributed by atoms with Crippen molar-refractivity contribution in [1.82, 2.24) is 19.6 Å². The number of benzene rings is 1. The van der Waals surface area contributed by atoms with E-state index in [-0.39, 0.29) is 5.91 Å². The second kappa shape index (κ2) is 6.97. The SMILES string of the molecule is CSc1ccccc1-c1ccc2ncc(C(=O)Nc3ccccn3)n2n1. The third-order valence-electron chi connectivity index (χ3n) is 3.88. The number of imidazole rings is 1. The van der Waals surface area contributed by atoms with Crippen LogP contribution in [0.4, 0.5) is 5.82 Å². The predicted molar refractivity (Wildman–Crippen MR) is 102 cm³/mol. The summed E-state index contributed by atoms with van der Waals surface area (Å²) in [5.41, 5.74) is 2.77. The molecule has 6 nitrogen and oxygen atoms in total. The summed E-state index contributed by atoms with van der Waals surface area (Å²) in [6, 6.07) is 17.1. The molecule has 0 unspecified atom stereocenters. The molecule has 3 heterocycles. The number of carbonyl (C=O) groups excluding carboxylic acids is 1. The van der Waals surface area contributed by atoms with Crippen molar-refractivity contribution >= 4 is 29.1 Å². The molecule has 0 aliphatic rings. The summed E-state index contributed by atoms with van der Waals surface area (Å²) in [5, 5.41) is 7.40. The molecule has 0 radical (unpaired) electrons. The van der Waals surface area contributed by atoms with Crippen molar-refractivity contribution in [2.45, 2.75) is 4.90 Å². The van der Waals surface area contributed by atoms with Crippen molar-refractivity contribution in [2.24, 2.45) is 0 Å². The molecule has 26 heavy (non-hydrogen) atoms. The molecule has 0 saturated heterocycles. The molecule has 0 bridgehead atoms. The molecule has 0 aliphatic heterocycles. The number of carbonyl (C=O) groups is 1. The third kappa shape index (κ3) is 3.04. The molecule has 1 amide bonds. The Hall–Kier alpha value is -3.19. The molecule has 128 valence electrons. The lowest BCUT2D eigenvalue weighted by atomic mass is 10.1. The minimum Gasteiger partial charge on any atom is -0.305 e. The molecule has 3 aromatic heterocycles. The van der Waals surface area contributed by atoms with Crippen LogP contribution in [0.5, 0.6) is 0 Å². The lowest BCUT2D eigenvalue weighted by molar-refractivity contribution is 0.102. The van der Waals surface area contributed by atoms with Crippen LogP contribution in [-0.2, 0) is 0 Å². The number of aromatic nitrogens is 4. The van der Waals surface area contributed by atoms with E-state index in [2.05, 4.69) is 26.4 Å². The molecular formula is C19H15N5OS. The van der Waals surface area contributed by atoms with Crippen LogP contribution in [0.3, 0.4) is 0 Å². The number of anilines is 1. The lowest BCUT2D eigenvalue weighted by Crippen LogP contribution is -2.16. The molecule has 0 saturated carbocycles. The Morgan fingerprint density at radius 1 is 1.04 bits per heavy atom. The van der Waals surface area contributed by atoms with Gasteiger partial charge in [-0.25, -0.2) is 14.5 Å². The summed E-state index contributed by atoms with van der Waals surface area (Å²) in [5.74, 6) is 0.176. The fourth-order valence-electron chi connectivity index (χ4n) is 2.65. The number of rotatable bonds is 4. The van der Waals surface area contributed by atoms with Crippen molar-refractivity contribution < 1.29 is 4.79 Å². The molecule has 1 aromatic carbocycles. The summed E-state index contributed by atoms with van der Waals surface area (Å²) in [7, 11) is 0. The standard InChI is InChI=1S/C19H15N5OS/c1-26-16-7-3-2-6-13(16)14-9-10-18-21-12-15(24(18)23-14)19(25)22-17-8-4-5-11-20-17/h2-12H,1H3,(H,20,22,25). The van der Waals surface area contributed by atoms with Gasteiger partial charge >= 0.3 is 0 Å². The quantitative estimate of drug-likeness (QED) is 0.560. The second-order valence-corrected chi connectivity index (χ2v) is 6.35. The number of hydrogen-bond donors (Lipinski definition) is 1. The highest BCUT2D eigenvalue weighted by Crippen LogP contribution is 2.28. The average molecular weight is 361 g/mol. The number of hydrogen-bond acceptors (Lipinski definition) is 5. The van der Waals surface area contributed by atoms with Crippen molar-refractivity contribution in [3.05, 3.63) is 72.7 Å². The molecule has 4 aromatic rings. The van der Waals surface area contributed by atoms with Crippen molar-refractivity contribution in [2.75, 3.05) is 11.6 Å². The first-order valence-corrected chi connectivity index (χ1v) is 9.19. The molecule has 0 spiro atoms. The van der Waals surface area contributed by atoms with Crippen molar-refractivity contribution in [1.29, 1.82) is 0 Å². The van der Waals surface area contributed by atoms with Gasteiger partial charge in [0.1, 0.15) is 5.82 Å². The number of nitrogens with zero attached hydrogens (tertiary/aromatic N) is 4. The fraction of sp³-hybridized carbons (Fsp3) is 0.0526.